The Kier molecular flexibility index (Phi) is 12.9. The van der Waals surface area contributed by atoms with Crippen molar-refractivity contribution in [2.75, 3.05) is 0 Å². The predicted molar refractivity (Wildman–Crippen MR) is 134 cm³/mol. The summed E-state index contributed by atoms with van der Waals surface area (Å²) in [7, 11) is 0. The molecule has 0 amide bonds. The summed E-state index contributed by atoms with van der Waals surface area (Å²) in [5.74, 6) is 0. The molecule has 166 valence electrons. The van der Waals surface area contributed by atoms with Crippen molar-refractivity contribution in [1.82, 2.24) is 0 Å². The van der Waals surface area contributed by atoms with Crippen molar-refractivity contribution < 1.29 is 9.13 Å². The molecule has 0 spiro atoms. The van der Waals surface area contributed by atoms with Gasteiger partial charge in [0.1, 0.15) is 0 Å². The number of halogens is 2. The molecule has 30 heavy (non-hydrogen) atoms. The smallest absolute Gasteiger partial charge is 0.192 e. The fraction of sp³-hybridized carbons (Fsp3) is 0.615. The van der Waals surface area contributed by atoms with E-state index >= 15 is 0 Å². The first-order valence-corrected chi connectivity index (χ1v) is 13.7. The van der Waals surface area contributed by atoms with E-state index in [0.29, 0.717) is 9.90 Å². The highest BCUT2D eigenvalue weighted by Gasteiger charge is 2.15. The topological polar surface area (TPSA) is 7.76 Å². The first kappa shape index (κ1) is 25.5. The molecule has 0 saturated heterocycles. The van der Waals surface area contributed by atoms with Crippen LogP contribution in [0.3, 0.4) is 0 Å². The summed E-state index contributed by atoms with van der Waals surface area (Å²) in [6, 6.07) is 8.73. The summed E-state index contributed by atoms with van der Waals surface area (Å²) < 4.78 is 4.62. The fourth-order valence-electron chi connectivity index (χ4n) is 3.84. The van der Waals surface area contributed by atoms with Gasteiger partial charge in [0.25, 0.3) is 0 Å². The molecule has 2 aromatic rings. The van der Waals surface area contributed by atoms with Gasteiger partial charge in [0.2, 0.25) is 9.90 Å². The summed E-state index contributed by atoms with van der Waals surface area (Å²) >= 11 is 7.71. The zero-order valence-electron chi connectivity index (χ0n) is 18.9. The maximum atomic E-state index is 3.85. The minimum Gasteiger partial charge on any atom is -0.192 e. The van der Waals surface area contributed by atoms with E-state index in [1.54, 1.807) is 0 Å². The molecule has 2 unspecified atom stereocenters. The van der Waals surface area contributed by atoms with E-state index in [4.69, 9.17) is 0 Å². The minimum atomic E-state index is 0.428. The average Bonchev–Trinajstić information content (AvgIpc) is 2.79. The second kappa shape index (κ2) is 15.1. The van der Waals surface area contributed by atoms with E-state index in [1.165, 1.54) is 75.3 Å². The Morgan fingerprint density at radius 2 is 1.00 bits per heavy atom. The number of pyridine rings is 2. The fourth-order valence-corrected chi connectivity index (χ4v) is 5.00. The Labute approximate surface area is 201 Å². The molecule has 2 atom stereocenters. The molecular formula is C26H40Br2N2+2. The van der Waals surface area contributed by atoms with E-state index in [9.17, 15) is 0 Å². The Morgan fingerprint density at radius 1 is 0.633 bits per heavy atom. The van der Waals surface area contributed by atoms with Crippen LogP contribution in [0.2, 0.25) is 0 Å². The molecule has 2 heterocycles. The molecular weight excluding hydrogens is 500 g/mol. The number of hydrogen-bond acceptors (Lipinski definition) is 0. The summed E-state index contributed by atoms with van der Waals surface area (Å²) in [5, 5.41) is 0. The molecule has 0 radical (unpaired) electrons. The van der Waals surface area contributed by atoms with Gasteiger partial charge >= 0.3 is 0 Å². The van der Waals surface area contributed by atoms with Crippen LogP contribution in [0.1, 0.15) is 99.1 Å². The van der Waals surface area contributed by atoms with Gasteiger partial charge in [-0.25, -0.2) is 0 Å². The minimum absolute atomic E-state index is 0.428. The molecule has 0 bridgehead atoms. The van der Waals surface area contributed by atoms with Gasteiger partial charge in [-0.1, -0.05) is 52.4 Å². The Morgan fingerprint density at radius 3 is 1.37 bits per heavy atom. The van der Waals surface area contributed by atoms with Crippen LogP contribution in [0, 0.1) is 0 Å². The van der Waals surface area contributed by atoms with E-state index in [2.05, 4.69) is 104 Å². The highest BCUT2D eigenvalue weighted by Crippen LogP contribution is 2.20. The van der Waals surface area contributed by atoms with Crippen LogP contribution in [0.25, 0.3) is 0 Å². The molecule has 0 aliphatic carbocycles. The van der Waals surface area contributed by atoms with Crippen molar-refractivity contribution in [1.29, 1.82) is 0 Å². The molecule has 4 heteroatoms. The lowest BCUT2D eigenvalue weighted by Crippen LogP contribution is -2.35. The summed E-state index contributed by atoms with van der Waals surface area (Å²) in [6.07, 6.45) is 24.3. The van der Waals surface area contributed by atoms with E-state index < -0.39 is 0 Å². The van der Waals surface area contributed by atoms with Crippen molar-refractivity contribution in [3.05, 3.63) is 60.2 Å². The Hall–Kier alpha value is -0.740. The maximum absolute atomic E-state index is 3.85. The average molecular weight is 540 g/mol. The highest BCUT2D eigenvalue weighted by molar-refractivity contribution is 9.09. The molecule has 0 N–H and O–H groups in total. The number of aromatic nitrogens is 2. The second-order valence-electron chi connectivity index (χ2n) is 8.30. The van der Waals surface area contributed by atoms with Gasteiger partial charge in [0.15, 0.2) is 24.8 Å². The summed E-state index contributed by atoms with van der Waals surface area (Å²) in [5.41, 5.74) is 2.81. The molecule has 2 rings (SSSR count). The molecule has 0 aliphatic heterocycles. The largest absolute Gasteiger partial charge is 0.212 e. The maximum Gasteiger partial charge on any atom is 0.212 e. The number of hydrogen-bond donors (Lipinski definition) is 0. The second-order valence-corrected chi connectivity index (χ2v) is 10.4. The first-order chi connectivity index (χ1) is 14.6. The van der Waals surface area contributed by atoms with Gasteiger partial charge in [0, 0.05) is 36.1 Å². The Balaban J connectivity index is 1.47. The molecule has 2 aromatic heterocycles. The standard InChI is InChI=1S/C26H40Br2N2/c1-3-23-15-13-19-29(21-23)25(27)17-11-9-7-5-6-8-10-12-18-26(28)30-20-14-16-24(4-2)22-30/h13-16,19-22,25-26H,3-12,17-18H2,1-2H3/q+2. The van der Waals surface area contributed by atoms with E-state index in [-0.39, 0.29) is 0 Å². The summed E-state index contributed by atoms with van der Waals surface area (Å²) in [4.78, 5) is 0.856. The lowest BCUT2D eigenvalue weighted by atomic mass is 10.1. The van der Waals surface area contributed by atoms with Crippen molar-refractivity contribution in [2.45, 2.75) is 101 Å². The van der Waals surface area contributed by atoms with Crippen LogP contribution >= 0.6 is 31.9 Å². The zero-order valence-corrected chi connectivity index (χ0v) is 22.1. The van der Waals surface area contributed by atoms with Gasteiger partial charge in [-0.2, -0.15) is 9.13 Å². The molecule has 0 fully saturated rings. The van der Waals surface area contributed by atoms with E-state index in [1.807, 2.05) is 0 Å². The molecule has 0 aliphatic rings. The molecule has 0 saturated carbocycles. The summed E-state index contributed by atoms with van der Waals surface area (Å²) in [6.45, 7) is 4.43. The predicted octanol–water partition coefficient (Wildman–Crippen LogP) is 7.77. The quantitative estimate of drug-likeness (QED) is 0.124. The van der Waals surface area contributed by atoms with Crippen molar-refractivity contribution in [3.8, 4) is 0 Å². The molecule has 2 nitrogen and oxygen atoms in total. The lowest BCUT2D eigenvalue weighted by molar-refractivity contribution is -0.698. The van der Waals surface area contributed by atoms with Gasteiger partial charge in [-0.15, -0.1) is 0 Å². The van der Waals surface area contributed by atoms with E-state index in [0.717, 1.165) is 12.8 Å². The van der Waals surface area contributed by atoms with Gasteiger partial charge in [-0.05, 0) is 69.7 Å². The van der Waals surface area contributed by atoms with Crippen LogP contribution in [0.4, 0.5) is 0 Å². The van der Waals surface area contributed by atoms with Gasteiger partial charge in [0.05, 0.1) is 0 Å². The monoisotopic (exact) mass is 538 g/mol. The van der Waals surface area contributed by atoms with Crippen LogP contribution in [-0.2, 0) is 12.8 Å². The van der Waals surface area contributed by atoms with Crippen LogP contribution < -0.4 is 9.13 Å². The van der Waals surface area contributed by atoms with Crippen LogP contribution in [0.15, 0.2) is 49.1 Å². The lowest BCUT2D eigenvalue weighted by Gasteiger charge is -2.07. The number of aryl methyl sites for hydroxylation is 2. The van der Waals surface area contributed by atoms with Crippen LogP contribution in [0.5, 0.6) is 0 Å². The number of unbranched alkanes of at least 4 members (excludes halogenated alkanes) is 7. The first-order valence-electron chi connectivity index (χ1n) is 11.9. The van der Waals surface area contributed by atoms with Gasteiger partial charge < -0.3 is 0 Å². The van der Waals surface area contributed by atoms with Crippen molar-refractivity contribution >= 4 is 31.9 Å². The molecule has 0 aromatic carbocycles. The number of rotatable bonds is 15. The number of alkyl halides is 2. The Bertz CT molecular complexity index is 658. The number of nitrogens with zero attached hydrogens (tertiary/aromatic N) is 2. The van der Waals surface area contributed by atoms with Crippen molar-refractivity contribution in [3.63, 3.8) is 0 Å². The normalized spacial score (nSPS) is 13.3. The third-order valence-corrected chi connectivity index (χ3v) is 7.73. The third kappa shape index (κ3) is 9.60. The SMILES string of the molecule is CCc1ccc[n+](C(Br)CCCCCCCCCCC(Br)[n+]2cccc(CC)c2)c1. The third-order valence-electron chi connectivity index (χ3n) is 5.86. The van der Waals surface area contributed by atoms with Crippen molar-refractivity contribution in [2.24, 2.45) is 0 Å². The zero-order chi connectivity index (χ0) is 21.6. The van der Waals surface area contributed by atoms with Crippen LogP contribution in [-0.4, -0.2) is 0 Å². The van der Waals surface area contributed by atoms with Gasteiger partial charge in [-0.3, -0.25) is 0 Å². The highest BCUT2D eigenvalue weighted by atomic mass is 79.9.